The molecule has 0 unspecified atom stereocenters. The van der Waals surface area contributed by atoms with Gasteiger partial charge < -0.3 is 9.64 Å². The Morgan fingerprint density at radius 1 is 1.11 bits per heavy atom. The predicted octanol–water partition coefficient (Wildman–Crippen LogP) is 2.91. The molecule has 0 aliphatic carbocycles. The maximum atomic E-state index is 12.9. The number of sulfonamides is 1. The van der Waals surface area contributed by atoms with Crippen LogP contribution in [-0.2, 0) is 19.6 Å². The van der Waals surface area contributed by atoms with Gasteiger partial charge in [0, 0.05) is 49.8 Å². The molecular weight excluding hydrogens is 388 g/mol. The third-order valence-electron chi connectivity index (χ3n) is 5.44. The van der Waals surface area contributed by atoms with Gasteiger partial charge in [-0.2, -0.15) is 4.31 Å². The highest BCUT2D eigenvalue weighted by Gasteiger charge is 2.36. The summed E-state index contributed by atoms with van der Waals surface area (Å²) in [5.74, 6) is 0.154. The molecule has 0 radical (unpaired) electrons. The van der Waals surface area contributed by atoms with Gasteiger partial charge in [0.1, 0.15) is 0 Å². The van der Waals surface area contributed by atoms with Crippen LogP contribution in [0.1, 0.15) is 39.0 Å². The average molecular weight is 415 g/mol. The van der Waals surface area contributed by atoms with Gasteiger partial charge in [-0.1, -0.05) is 18.5 Å². The second-order valence-corrected chi connectivity index (χ2v) is 9.46. The number of carbonyl (C=O) groups is 1. The zero-order valence-electron chi connectivity index (χ0n) is 15.6. The summed E-state index contributed by atoms with van der Waals surface area (Å²) >= 11 is 5.86. The Morgan fingerprint density at radius 2 is 1.67 bits per heavy atom. The molecule has 27 heavy (non-hydrogen) atoms. The molecule has 0 atom stereocenters. The Hall–Kier alpha value is -1.15. The summed E-state index contributed by atoms with van der Waals surface area (Å²) in [6, 6.07) is 6.56. The van der Waals surface area contributed by atoms with Crippen molar-refractivity contribution in [1.82, 2.24) is 9.21 Å². The van der Waals surface area contributed by atoms with Crippen molar-refractivity contribution < 1.29 is 17.9 Å². The predicted molar refractivity (Wildman–Crippen MR) is 104 cm³/mol. The van der Waals surface area contributed by atoms with Gasteiger partial charge in [0.05, 0.1) is 4.90 Å². The quantitative estimate of drug-likeness (QED) is 0.742. The maximum Gasteiger partial charge on any atom is 0.243 e. The van der Waals surface area contributed by atoms with Crippen LogP contribution in [0.5, 0.6) is 0 Å². The van der Waals surface area contributed by atoms with Crippen LogP contribution in [0.2, 0.25) is 5.02 Å². The molecule has 2 aliphatic rings. The number of rotatable bonds is 5. The second-order valence-electron chi connectivity index (χ2n) is 7.09. The first-order chi connectivity index (χ1) is 12.9. The zero-order valence-corrected chi connectivity index (χ0v) is 17.2. The largest absolute Gasteiger partial charge is 0.381 e. The molecule has 0 bridgehead atoms. The van der Waals surface area contributed by atoms with E-state index in [1.807, 2.05) is 11.8 Å². The highest BCUT2D eigenvalue weighted by atomic mass is 35.5. The fraction of sp³-hybridized carbons (Fsp3) is 0.632. The molecular formula is C19H27ClN2O4S. The molecule has 150 valence electrons. The molecule has 8 heteroatoms. The Kier molecular flexibility index (Phi) is 6.78. The molecule has 2 saturated heterocycles. The Labute approximate surface area is 166 Å². The van der Waals surface area contributed by atoms with E-state index in [0.717, 1.165) is 12.8 Å². The molecule has 6 nitrogen and oxygen atoms in total. The fourth-order valence-corrected chi connectivity index (χ4v) is 5.56. The number of ether oxygens (including phenoxy) is 1. The van der Waals surface area contributed by atoms with Gasteiger partial charge in [0.25, 0.3) is 0 Å². The standard InChI is InChI=1S/C19H27ClN2O4S/c1-2-19(23)22(17-9-13-26-14-10-17)16-7-11-21(12-8-16)27(24,25)18-5-3-15(20)4-6-18/h3-6,16-17H,2,7-14H2,1H3. The summed E-state index contributed by atoms with van der Waals surface area (Å²) in [5.41, 5.74) is 0. The lowest BCUT2D eigenvalue weighted by molar-refractivity contribution is -0.139. The molecule has 0 saturated carbocycles. The van der Waals surface area contributed by atoms with E-state index in [4.69, 9.17) is 16.3 Å². The third kappa shape index (κ3) is 4.65. The Balaban J connectivity index is 1.69. The van der Waals surface area contributed by atoms with E-state index in [1.165, 1.54) is 4.31 Å². The first kappa shape index (κ1) is 20.6. The van der Waals surface area contributed by atoms with Crippen LogP contribution in [0.25, 0.3) is 0 Å². The minimum absolute atomic E-state index is 0.0946. The average Bonchev–Trinajstić information content (AvgIpc) is 2.69. The van der Waals surface area contributed by atoms with E-state index >= 15 is 0 Å². The van der Waals surface area contributed by atoms with E-state index in [-0.39, 0.29) is 22.9 Å². The highest BCUT2D eigenvalue weighted by molar-refractivity contribution is 7.89. The van der Waals surface area contributed by atoms with Gasteiger partial charge in [-0.05, 0) is 49.9 Å². The van der Waals surface area contributed by atoms with Crippen molar-refractivity contribution in [1.29, 1.82) is 0 Å². The lowest BCUT2D eigenvalue weighted by Crippen LogP contribution is -2.53. The summed E-state index contributed by atoms with van der Waals surface area (Å²) in [5, 5.41) is 0.512. The Bertz CT molecular complexity index is 739. The lowest BCUT2D eigenvalue weighted by Gasteiger charge is -2.43. The molecule has 0 spiro atoms. The molecule has 1 amide bonds. The van der Waals surface area contributed by atoms with E-state index in [0.29, 0.717) is 50.6 Å². The number of piperidine rings is 1. The summed E-state index contributed by atoms with van der Waals surface area (Å²) in [6.45, 7) is 4.09. The van der Waals surface area contributed by atoms with E-state index in [9.17, 15) is 13.2 Å². The SMILES string of the molecule is CCC(=O)N(C1CCOCC1)C1CCN(S(=O)(=O)c2ccc(Cl)cc2)CC1. The maximum absolute atomic E-state index is 12.9. The number of halogens is 1. The molecule has 1 aromatic carbocycles. The molecule has 2 fully saturated rings. The fourth-order valence-electron chi connectivity index (χ4n) is 3.97. The van der Waals surface area contributed by atoms with Gasteiger partial charge in [-0.15, -0.1) is 0 Å². The van der Waals surface area contributed by atoms with Gasteiger partial charge in [0.15, 0.2) is 0 Å². The van der Waals surface area contributed by atoms with Crippen molar-refractivity contribution in [2.45, 2.75) is 56.0 Å². The van der Waals surface area contributed by atoms with Crippen LogP contribution in [-0.4, -0.2) is 61.9 Å². The van der Waals surface area contributed by atoms with Crippen LogP contribution in [0.15, 0.2) is 29.2 Å². The third-order valence-corrected chi connectivity index (χ3v) is 7.61. The van der Waals surface area contributed by atoms with Gasteiger partial charge in [-0.25, -0.2) is 8.42 Å². The minimum atomic E-state index is -3.53. The number of benzene rings is 1. The first-order valence-electron chi connectivity index (χ1n) is 9.58. The number of carbonyl (C=O) groups excluding carboxylic acids is 1. The van der Waals surface area contributed by atoms with Crippen molar-refractivity contribution in [2.24, 2.45) is 0 Å². The van der Waals surface area contributed by atoms with Crippen LogP contribution < -0.4 is 0 Å². The molecule has 2 heterocycles. The monoisotopic (exact) mass is 414 g/mol. The van der Waals surface area contributed by atoms with Crippen LogP contribution >= 0.6 is 11.6 Å². The number of nitrogens with zero attached hydrogens (tertiary/aromatic N) is 2. The van der Waals surface area contributed by atoms with Crippen molar-refractivity contribution in [3.05, 3.63) is 29.3 Å². The molecule has 0 aromatic heterocycles. The second kappa shape index (κ2) is 8.90. The molecule has 0 N–H and O–H groups in total. The zero-order chi connectivity index (χ0) is 19.4. The highest BCUT2D eigenvalue weighted by Crippen LogP contribution is 2.28. The van der Waals surface area contributed by atoms with Crippen LogP contribution in [0.3, 0.4) is 0 Å². The summed E-state index contributed by atoms with van der Waals surface area (Å²) in [6.07, 6.45) is 3.51. The van der Waals surface area contributed by atoms with Crippen molar-refractivity contribution in [3.63, 3.8) is 0 Å². The van der Waals surface area contributed by atoms with Crippen LogP contribution in [0, 0.1) is 0 Å². The first-order valence-corrected chi connectivity index (χ1v) is 11.4. The van der Waals surface area contributed by atoms with Gasteiger partial charge >= 0.3 is 0 Å². The molecule has 3 rings (SSSR count). The van der Waals surface area contributed by atoms with Gasteiger partial charge in [0.2, 0.25) is 15.9 Å². The number of amides is 1. The summed E-state index contributed by atoms with van der Waals surface area (Å²) < 4.78 is 32.7. The summed E-state index contributed by atoms with van der Waals surface area (Å²) in [7, 11) is -3.53. The number of hydrogen-bond donors (Lipinski definition) is 0. The normalized spacial score (nSPS) is 20.5. The molecule has 2 aliphatic heterocycles. The molecule has 1 aromatic rings. The smallest absolute Gasteiger partial charge is 0.243 e. The van der Waals surface area contributed by atoms with E-state index < -0.39 is 10.0 Å². The Morgan fingerprint density at radius 3 is 2.22 bits per heavy atom. The minimum Gasteiger partial charge on any atom is -0.381 e. The van der Waals surface area contributed by atoms with Crippen molar-refractivity contribution in [3.8, 4) is 0 Å². The van der Waals surface area contributed by atoms with E-state index in [1.54, 1.807) is 24.3 Å². The van der Waals surface area contributed by atoms with Crippen molar-refractivity contribution in [2.75, 3.05) is 26.3 Å². The topological polar surface area (TPSA) is 66.9 Å². The summed E-state index contributed by atoms with van der Waals surface area (Å²) in [4.78, 5) is 14.9. The number of hydrogen-bond acceptors (Lipinski definition) is 4. The van der Waals surface area contributed by atoms with E-state index in [2.05, 4.69) is 0 Å². The van der Waals surface area contributed by atoms with Crippen molar-refractivity contribution >= 4 is 27.5 Å². The van der Waals surface area contributed by atoms with Gasteiger partial charge in [-0.3, -0.25) is 4.79 Å². The lowest BCUT2D eigenvalue weighted by atomic mass is 9.98. The van der Waals surface area contributed by atoms with Crippen LogP contribution in [0.4, 0.5) is 0 Å².